The highest BCUT2D eigenvalue weighted by atomic mass is 19.4. The highest BCUT2D eigenvalue weighted by Gasteiger charge is 2.97. The quantitative estimate of drug-likeness (QED) is 0.200. The Kier molecular flexibility index (Phi) is 7.75. The lowest BCUT2D eigenvalue weighted by atomic mass is 9.85. The zero-order valence-corrected chi connectivity index (χ0v) is 17.1. The van der Waals surface area contributed by atoms with Crippen LogP contribution in [0.3, 0.4) is 0 Å². The van der Waals surface area contributed by atoms with Crippen molar-refractivity contribution in [3.63, 3.8) is 0 Å². The van der Waals surface area contributed by atoms with Gasteiger partial charge < -0.3 is 0 Å². The fourth-order valence-electron chi connectivity index (χ4n) is 2.48. The molecule has 0 saturated heterocycles. The van der Waals surface area contributed by atoms with Gasteiger partial charge in [0.25, 0.3) is 0 Å². The van der Waals surface area contributed by atoms with Crippen LogP contribution in [-0.2, 0) is 5.92 Å². The second-order valence-corrected chi connectivity index (χ2v) is 7.31. The maximum absolute atomic E-state index is 14.0. The summed E-state index contributed by atoms with van der Waals surface area (Å²) in [6.45, 7) is 0. The second kappa shape index (κ2) is 8.84. The van der Waals surface area contributed by atoms with E-state index >= 15 is 0 Å². The van der Waals surface area contributed by atoms with Gasteiger partial charge in [0.2, 0.25) is 5.39 Å². The second-order valence-electron chi connectivity index (χ2n) is 7.31. The molecule has 2 nitrogen and oxygen atoms in total. The lowest BCUT2D eigenvalue weighted by Crippen LogP contribution is -2.76. The molecule has 1 rings (SSSR count). The molecule has 23 heteroatoms. The molecule has 0 spiro atoms. The number of rotatable bonds is 9. The van der Waals surface area contributed by atoms with Crippen LogP contribution in [0.2, 0.25) is 0 Å². The van der Waals surface area contributed by atoms with Crippen LogP contribution in [0.4, 0.5) is 97.9 Å². The van der Waals surface area contributed by atoms with E-state index in [1.54, 1.807) is 0 Å². The van der Waals surface area contributed by atoms with Gasteiger partial charge >= 0.3 is 65.2 Å². The Bertz CT molecular complexity index is 1090. The third kappa shape index (κ3) is 4.18. The molecule has 1 aromatic rings. The Morgan fingerprint density at radius 3 is 0.897 bits per heavy atom. The number of diazo groups is 1. The zero-order chi connectivity index (χ0) is 31.7. The van der Waals surface area contributed by atoms with E-state index in [-0.39, 0.29) is 12.1 Å². The Balaban J connectivity index is 3.82. The number of alkyl halides is 21. The summed E-state index contributed by atoms with van der Waals surface area (Å²) in [5.74, 6) is -77.5. The van der Waals surface area contributed by atoms with E-state index in [0.29, 0.717) is 0 Å². The van der Waals surface area contributed by atoms with Crippen LogP contribution >= 0.6 is 0 Å². The summed E-state index contributed by atoms with van der Waals surface area (Å²) >= 11 is 0. The first kappa shape index (κ1) is 34.2. The summed E-state index contributed by atoms with van der Waals surface area (Å²) in [4.78, 5) is 2.24. The molecule has 0 amide bonds. The van der Waals surface area contributed by atoms with Crippen molar-refractivity contribution < 1.29 is 92.2 Å². The van der Waals surface area contributed by atoms with Gasteiger partial charge in [0.1, 0.15) is 0 Å². The molecule has 0 aliphatic rings. The zero-order valence-electron chi connectivity index (χ0n) is 17.1. The first-order valence-electron chi connectivity index (χ1n) is 8.71. The minimum absolute atomic E-state index is 0.0574. The van der Waals surface area contributed by atoms with Gasteiger partial charge in [-0.2, -0.15) is 92.2 Å². The molecule has 0 unspecified atom stereocenters. The normalized spacial score (nSPS) is 15.8. The van der Waals surface area contributed by atoms with Gasteiger partial charge in [-0.3, -0.25) is 0 Å². The predicted molar refractivity (Wildman–Crippen MR) is 80.7 cm³/mol. The van der Waals surface area contributed by atoms with Crippen LogP contribution in [0.1, 0.15) is 5.56 Å². The molecule has 1 aromatic carbocycles. The van der Waals surface area contributed by atoms with Crippen molar-refractivity contribution in [2.75, 3.05) is 0 Å². The highest BCUT2D eigenvalue weighted by Crippen LogP contribution is 2.66. The lowest BCUT2D eigenvalue weighted by molar-refractivity contribution is -0.474. The van der Waals surface area contributed by atoms with E-state index in [1.165, 1.54) is 0 Å². The largest absolute Gasteiger partial charge is 0.460 e. The van der Waals surface area contributed by atoms with E-state index in [1.807, 2.05) is 0 Å². The maximum atomic E-state index is 14.0. The van der Waals surface area contributed by atoms with Gasteiger partial charge in [-0.15, -0.1) is 0 Å². The third-order valence-electron chi connectivity index (χ3n) is 4.86. The van der Waals surface area contributed by atoms with Gasteiger partial charge in [0.05, 0.1) is 0 Å². The lowest BCUT2D eigenvalue weighted by Gasteiger charge is -2.44. The molecule has 0 aromatic heterocycles. The first-order valence-corrected chi connectivity index (χ1v) is 8.71. The molecule has 0 aliphatic carbocycles. The van der Waals surface area contributed by atoms with Crippen molar-refractivity contribution in [1.82, 2.24) is 0 Å². The van der Waals surface area contributed by atoms with Crippen molar-refractivity contribution >= 4 is 5.69 Å². The Morgan fingerprint density at radius 1 is 0.385 bits per heavy atom. The number of hydrogen-bond donors (Lipinski definition) is 0. The Morgan fingerprint density at radius 2 is 0.641 bits per heavy atom. The van der Waals surface area contributed by atoms with Gasteiger partial charge in [-0.05, 0) is 12.1 Å². The SMILES string of the molecule is N#[N+]c1ccc(C(F)(F)C(F)(F)C(F)(F)C(F)(F)C(F)(F)C(F)(F)C(F)(F)C(F)(F)C(F)(F)C(F)(F)F)cc1. The van der Waals surface area contributed by atoms with E-state index < -0.39 is 82.9 Å². The van der Waals surface area contributed by atoms with Gasteiger partial charge in [-0.25, -0.2) is 0 Å². The fourth-order valence-corrected chi connectivity index (χ4v) is 2.48. The summed E-state index contributed by atoms with van der Waals surface area (Å²) < 4.78 is 280. The number of benzene rings is 1. The number of hydrogen-bond acceptors (Lipinski definition) is 1. The summed E-state index contributed by atoms with van der Waals surface area (Å²) in [5, 5.41) is 8.30. The monoisotopic (exact) mass is 623 g/mol. The van der Waals surface area contributed by atoms with Gasteiger partial charge in [-0.1, -0.05) is 0 Å². The molecule has 0 fully saturated rings. The molecule has 0 atom stereocenters. The molecule has 0 heterocycles. The predicted octanol–water partition coefficient (Wildman–Crippen LogP) is 8.91. The van der Waals surface area contributed by atoms with Crippen LogP contribution < -0.4 is 0 Å². The van der Waals surface area contributed by atoms with E-state index in [4.69, 9.17) is 5.39 Å². The first-order chi connectivity index (χ1) is 16.8. The van der Waals surface area contributed by atoms with Crippen molar-refractivity contribution in [2.45, 2.75) is 59.5 Å². The van der Waals surface area contributed by atoms with Crippen molar-refractivity contribution in [3.8, 4) is 0 Å². The van der Waals surface area contributed by atoms with Crippen LogP contribution in [0, 0.1) is 5.39 Å². The standard InChI is InChI=1S/C16H4F21N2/c17-7(18,5-1-3-6(39-38)4-2-5)8(19,20)9(21,22)10(23,24)11(25,26)12(27,28)13(29,30)14(31,32)15(33,34)16(35,36)37/h1-4H/q+1. The summed E-state index contributed by atoms with van der Waals surface area (Å²) in [6.07, 6.45) is -8.02. The number of halogens is 21. The smallest absolute Gasteiger partial charge is 0.194 e. The molecule has 39 heavy (non-hydrogen) atoms. The average molecular weight is 623 g/mol. The van der Waals surface area contributed by atoms with Gasteiger partial charge in [0, 0.05) is 17.7 Å². The Labute approximate surface area is 199 Å². The molecule has 0 bridgehead atoms. The van der Waals surface area contributed by atoms with Crippen LogP contribution in [0.25, 0.3) is 4.98 Å². The summed E-state index contributed by atoms with van der Waals surface area (Å²) in [5.41, 5.74) is -3.38. The molecule has 224 valence electrons. The third-order valence-corrected chi connectivity index (χ3v) is 4.86. The fraction of sp³-hybridized carbons (Fsp3) is 0.625. The Hall–Kier alpha value is -2.83. The van der Waals surface area contributed by atoms with Crippen molar-refractivity contribution in [3.05, 3.63) is 34.8 Å². The molecule has 0 radical (unpaired) electrons. The van der Waals surface area contributed by atoms with E-state index in [0.717, 1.165) is 0 Å². The molecule has 0 N–H and O–H groups in total. The topological polar surface area (TPSA) is 28.1 Å². The molecule has 0 saturated carbocycles. The van der Waals surface area contributed by atoms with Crippen LogP contribution in [0.15, 0.2) is 24.3 Å². The van der Waals surface area contributed by atoms with Crippen molar-refractivity contribution in [1.29, 1.82) is 5.39 Å². The van der Waals surface area contributed by atoms with Gasteiger partial charge in [0.15, 0.2) is 4.98 Å². The molecular formula is C16H4F21N2+. The molecular weight excluding hydrogens is 619 g/mol. The highest BCUT2D eigenvalue weighted by molar-refractivity contribution is 5.46. The summed E-state index contributed by atoms with van der Waals surface area (Å²) in [6, 6.07) is -0.723. The molecule has 0 aliphatic heterocycles. The average Bonchev–Trinajstić information content (AvgIpc) is 2.77. The van der Waals surface area contributed by atoms with Crippen LogP contribution in [-0.4, -0.2) is 53.6 Å². The minimum Gasteiger partial charge on any atom is -0.194 e. The van der Waals surface area contributed by atoms with E-state index in [2.05, 4.69) is 4.98 Å². The van der Waals surface area contributed by atoms with Crippen LogP contribution in [0.5, 0.6) is 0 Å². The maximum Gasteiger partial charge on any atom is 0.460 e. The minimum atomic E-state index is -9.21. The number of nitrogens with zero attached hydrogens (tertiary/aromatic N) is 2. The van der Waals surface area contributed by atoms with Crippen molar-refractivity contribution in [2.24, 2.45) is 0 Å². The summed E-state index contributed by atoms with van der Waals surface area (Å²) in [7, 11) is 0. The van der Waals surface area contributed by atoms with E-state index in [9.17, 15) is 92.2 Å².